The molecular formula is C5H12IO3PZn. The van der Waals surface area contributed by atoms with Crippen LogP contribution in [0, 0.1) is 6.66 Å². The van der Waals surface area contributed by atoms with E-state index in [1.165, 1.54) is 14.8 Å². The topological polar surface area (TPSA) is 35.5 Å². The summed E-state index contributed by atoms with van der Waals surface area (Å²) in [5, 5.41) is 0. The van der Waals surface area contributed by atoms with Crippen LogP contribution in [0.2, 0.25) is 0 Å². The molecule has 0 saturated carbocycles. The molecule has 0 heterocycles. The first-order valence-corrected chi connectivity index (χ1v) is 13.9. The minimum atomic E-state index is -2.94. The fraction of sp³-hybridized carbons (Fsp3) is 0.800. The Labute approximate surface area is 89.0 Å². The summed E-state index contributed by atoms with van der Waals surface area (Å²) < 4.78 is 20.2. The second kappa shape index (κ2) is 9.59. The van der Waals surface area contributed by atoms with Crippen molar-refractivity contribution in [2.45, 2.75) is 13.8 Å². The normalized spacial score (nSPS) is 10.4. The number of halogens is 1. The van der Waals surface area contributed by atoms with E-state index in [1.807, 2.05) is 0 Å². The maximum absolute atomic E-state index is 10.9. The third-order valence-corrected chi connectivity index (χ3v) is 1.95. The van der Waals surface area contributed by atoms with Crippen LogP contribution in [-0.4, -0.2) is 13.2 Å². The van der Waals surface area contributed by atoms with Crippen LogP contribution in [0.1, 0.15) is 13.8 Å². The van der Waals surface area contributed by atoms with Crippen LogP contribution in [0.15, 0.2) is 0 Å². The zero-order chi connectivity index (χ0) is 9.33. The minimum absolute atomic E-state index is 0.376. The second-order valence-corrected chi connectivity index (χ2v) is 3.18. The molecule has 64 valence electrons. The van der Waals surface area contributed by atoms with Gasteiger partial charge in [-0.25, -0.2) is 6.66 Å². The van der Waals surface area contributed by atoms with Gasteiger partial charge in [0.25, 0.3) is 0 Å². The molecule has 11 heavy (non-hydrogen) atoms. The summed E-state index contributed by atoms with van der Waals surface area (Å²) in [6, 6.07) is 0. The molecule has 0 aromatic carbocycles. The van der Waals surface area contributed by atoms with Gasteiger partial charge in [-0.1, -0.05) is 0 Å². The Kier molecular flexibility index (Phi) is 13.1. The molecule has 0 aliphatic rings. The van der Waals surface area contributed by atoms with E-state index >= 15 is 0 Å². The van der Waals surface area contributed by atoms with E-state index < -0.39 is 7.60 Å². The van der Waals surface area contributed by atoms with Gasteiger partial charge in [0, 0.05) is 0 Å². The summed E-state index contributed by atoms with van der Waals surface area (Å²) in [7, 11) is -2.94. The average Bonchev–Trinajstić information content (AvgIpc) is 1.91. The average molecular weight is 343 g/mol. The van der Waals surface area contributed by atoms with Crippen LogP contribution in [0.5, 0.6) is 0 Å². The molecule has 0 aromatic heterocycles. The van der Waals surface area contributed by atoms with E-state index in [0.29, 0.717) is 13.2 Å². The van der Waals surface area contributed by atoms with Crippen molar-refractivity contribution < 1.29 is 28.4 Å². The molecule has 3 nitrogen and oxygen atoms in total. The Morgan fingerprint density at radius 2 is 1.64 bits per heavy atom. The molecule has 0 radical (unpaired) electrons. The summed E-state index contributed by atoms with van der Waals surface area (Å²) >= 11 is 3.62. The third kappa shape index (κ3) is 11.5. The molecule has 0 rings (SSSR count). The Morgan fingerprint density at radius 3 is 1.82 bits per heavy atom. The zero-order valence-corrected chi connectivity index (χ0v) is 12.9. The van der Waals surface area contributed by atoms with E-state index in [1.54, 1.807) is 13.8 Å². The Hall–Kier alpha value is 1.50. The second-order valence-electron chi connectivity index (χ2n) is 1.45. The van der Waals surface area contributed by atoms with Crippen molar-refractivity contribution in [1.29, 1.82) is 0 Å². The van der Waals surface area contributed by atoms with Gasteiger partial charge in [0.05, 0.1) is 13.2 Å². The molecule has 0 aromatic rings. The third-order valence-electron chi connectivity index (χ3n) is 0.652. The first kappa shape index (κ1) is 15.0. The molecule has 0 unspecified atom stereocenters. The van der Waals surface area contributed by atoms with Crippen LogP contribution < -0.4 is 0 Å². The molecule has 0 bridgehead atoms. The molecule has 0 fully saturated rings. The van der Waals surface area contributed by atoms with Crippen molar-refractivity contribution in [3.8, 4) is 0 Å². The SMILES string of the molecule is [CH2-]P(=O)(OCC)OCC.[Zn+][I]. The van der Waals surface area contributed by atoms with Crippen molar-refractivity contribution in [3.63, 3.8) is 0 Å². The molecule has 6 heteroatoms. The van der Waals surface area contributed by atoms with E-state index in [2.05, 4.69) is 26.4 Å². The van der Waals surface area contributed by atoms with E-state index in [0.717, 1.165) is 0 Å². The molecule has 0 amide bonds. The predicted octanol–water partition coefficient (Wildman–Crippen LogP) is 2.93. The predicted molar refractivity (Wildman–Crippen MR) is 50.2 cm³/mol. The fourth-order valence-corrected chi connectivity index (χ4v) is 1.29. The first-order chi connectivity index (χ1) is 5.12. The Balaban J connectivity index is 0. The van der Waals surface area contributed by atoms with E-state index in [4.69, 9.17) is 9.05 Å². The van der Waals surface area contributed by atoms with Crippen molar-refractivity contribution in [3.05, 3.63) is 6.66 Å². The van der Waals surface area contributed by atoms with Crippen LogP contribution in [-0.2, 0) is 28.4 Å². The van der Waals surface area contributed by atoms with Crippen molar-refractivity contribution in [2.75, 3.05) is 13.2 Å². The van der Waals surface area contributed by atoms with Crippen LogP contribution in [0.4, 0.5) is 0 Å². The van der Waals surface area contributed by atoms with Crippen LogP contribution in [0.3, 0.4) is 0 Å². The first-order valence-electron chi connectivity index (χ1n) is 3.12. The van der Waals surface area contributed by atoms with Gasteiger partial charge >= 0.3 is 34.5 Å². The van der Waals surface area contributed by atoms with Crippen molar-refractivity contribution >= 4 is 27.3 Å². The van der Waals surface area contributed by atoms with Gasteiger partial charge < -0.3 is 9.05 Å². The molecule has 0 saturated heterocycles. The molecule has 0 atom stereocenters. The maximum atomic E-state index is 10.9. The van der Waals surface area contributed by atoms with Gasteiger partial charge in [-0.3, -0.25) is 4.57 Å². The van der Waals surface area contributed by atoms with Gasteiger partial charge in [-0.2, -0.15) is 0 Å². The zero-order valence-electron chi connectivity index (χ0n) is 6.88. The van der Waals surface area contributed by atoms with E-state index in [-0.39, 0.29) is 0 Å². The summed E-state index contributed by atoms with van der Waals surface area (Å²) in [6.45, 7) is 7.51. The van der Waals surface area contributed by atoms with Crippen LogP contribution >= 0.6 is 27.3 Å². The quantitative estimate of drug-likeness (QED) is 0.341. The van der Waals surface area contributed by atoms with E-state index in [9.17, 15) is 4.57 Å². The summed E-state index contributed by atoms with van der Waals surface area (Å²) in [5.74, 6) is 0. The summed E-state index contributed by atoms with van der Waals surface area (Å²) in [4.78, 5) is 0. The number of rotatable bonds is 4. The van der Waals surface area contributed by atoms with Gasteiger partial charge in [0.2, 0.25) is 0 Å². The van der Waals surface area contributed by atoms with Gasteiger partial charge in [0.15, 0.2) is 7.60 Å². The fourth-order valence-electron chi connectivity index (χ4n) is 0.431. The Morgan fingerprint density at radius 1 is 1.36 bits per heavy atom. The Bertz CT molecular complexity index is 112. The molecular weight excluding hydrogens is 331 g/mol. The number of hydrogen-bond donors (Lipinski definition) is 0. The van der Waals surface area contributed by atoms with Gasteiger partial charge in [-0.05, 0) is 13.8 Å². The molecule has 0 spiro atoms. The standard InChI is InChI=1S/C5H12O3P.HI.Zn/c1-4-7-9(3,6)8-5-2;;/h3-5H2,1-2H3;1H;/q-1;;+2/p-1. The molecule has 0 aliphatic carbocycles. The molecule has 0 aliphatic heterocycles. The van der Waals surface area contributed by atoms with Gasteiger partial charge in [-0.15, -0.1) is 0 Å². The van der Waals surface area contributed by atoms with Crippen molar-refractivity contribution in [1.82, 2.24) is 0 Å². The monoisotopic (exact) mass is 342 g/mol. The summed E-state index contributed by atoms with van der Waals surface area (Å²) in [5.41, 5.74) is 0. The summed E-state index contributed by atoms with van der Waals surface area (Å²) in [6.07, 6.45) is 0. The molecule has 0 N–H and O–H groups in total. The number of hydrogen-bond acceptors (Lipinski definition) is 3. The van der Waals surface area contributed by atoms with Crippen LogP contribution in [0.25, 0.3) is 0 Å². The van der Waals surface area contributed by atoms with Gasteiger partial charge in [0.1, 0.15) is 0 Å². The van der Waals surface area contributed by atoms with Crippen molar-refractivity contribution in [2.24, 2.45) is 0 Å².